The molecule has 0 aliphatic carbocycles. The number of ether oxygens (including phenoxy) is 2. The second-order valence-electron chi connectivity index (χ2n) is 20.6. The zero-order chi connectivity index (χ0) is 47.0. The Bertz CT molecular complexity index is 1630. The Labute approximate surface area is 385 Å². The first-order valence-electron chi connectivity index (χ1n) is 25.2. The number of hydrogen-bond donors (Lipinski definition) is 3. The van der Waals surface area contributed by atoms with Crippen LogP contribution in [0.1, 0.15) is 243 Å². The Kier molecular flexibility index (Phi) is 25.6. The van der Waals surface area contributed by atoms with E-state index in [-0.39, 0.29) is 35.8 Å². The third-order valence-corrected chi connectivity index (χ3v) is 14.1. The van der Waals surface area contributed by atoms with E-state index < -0.39 is 18.3 Å². The van der Waals surface area contributed by atoms with Crippen LogP contribution in [0.4, 0.5) is 0 Å². The van der Waals surface area contributed by atoms with Gasteiger partial charge in [0.15, 0.2) is 0 Å². The monoisotopic (exact) mass is 901 g/mol. The van der Waals surface area contributed by atoms with Crippen LogP contribution in [0.15, 0.2) is 24.3 Å². The molecule has 0 atom stereocenters. The Morgan fingerprint density at radius 2 is 0.825 bits per heavy atom. The fourth-order valence-electron chi connectivity index (χ4n) is 8.52. The average molecular weight is 901 g/mol. The van der Waals surface area contributed by atoms with Gasteiger partial charge < -0.3 is 0 Å². The summed E-state index contributed by atoms with van der Waals surface area (Å²) in [5, 5.41) is -0.0276. The number of hydrogen-bond acceptors (Lipinski definition) is 8. The van der Waals surface area contributed by atoms with Gasteiger partial charge in [0.25, 0.3) is 0 Å². The molecule has 0 spiro atoms. The van der Waals surface area contributed by atoms with E-state index in [1.165, 1.54) is 116 Å². The minimum atomic E-state index is -6.04. The summed E-state index contributed by atoms with van der Waals surface area (Å²) in [5.74, 6) is -0.270. The molecule has 0 amide bonds. The van der Waals surface area contributed by atoms with Crippen molar-refractivity contribution in [1.82, 2.24) is 0 Å². The fourth-order valence-corrected chi connectivity index (χ4v) is 10.7. The molecule has 2 rings (SSSR count). The summed E-state index contributed by atoms with van der Waals surface area (Å²) >= 11 is 0. The third-order valence-electron chi connectivity index (χ3n) is 12.2. The molecule has 0 aliphatic heterocycles. The van der Waals surface area contributed by atoms with Crippen molar-refractivity contribution < 1.29 is 38.3 Å². The van der Waals surface area contributed by atoms with Gasteiger partial charge in [0.2, 0.25) is 0 Å². The Morgan fingerprint density at radius 1 is 0.492 bits per heavy atom. The summed E-state index contributed by atoms with van der Waals surface area (Å²) in [6, 6.07) is 7.46. The van der Waals surface area contributed by atoms with E-state index >= 15 is 0 Å². The molecular weight excluding hydrogens is 808 g/mol. The fraction of sp³-hybridized carbons (Fsp3) is 0.741. The van der Waals surface area contributed by atoms with Crippen LogP contribution < -0.4 is 9.83 Å². The predicted molar refractivity (Wildman–Crippen MR) is 265 cm³/mol. The van der Waals surface area contributed by atoms with Gasteiger partial charge in [0.1, 0.15) is 0 Å². The molecule has 2 aromatic carbocycles. The van der Waals surface area contributed by atoms with Crippen LogP contribution in [0.25, 0.3) is 0 Å². The van der Waals surface area contributed by atoms with E-state index in [9.17, 15) is 24.3 Å². The molecule has 0 bridgehead atoms. The number of esters is 2. The van der Waals surface area contributed by atoms with Crippen molar-refractivity contribution in [2.24, 2.45) is 0 Å². The van der Waals surface area contributed by atoms with Crippen molar-refractivity contribution in [3.8, 4) is 5.75 Å². The number of carbonyl (C=O) groups is 2. The molecule has 8 nitrogen and oxygen atoms in total. The summed E-state index contributed by atoms with van der Waals surface area (Å²) in [6.45, 7) is 20.8. The first-order chi connectivity index (χ1) is 29.7. The first-order valence-corrected chi connectivity index (χ1v) is 27.3. The quantitative estimate of drug-likeness (QED) is 0.0368. The van der Waals surface area contributed by atoms with E-state index in [2.05, 4.69) is 13.8 Å². The molecule has 9 heteroatoms. The second kappa shape index (κ2) is 28.5. The summed E-state index contributed by atoms with van der Waals surface area (Å²) in [6.07, 6.45) is 28.6. The van der Waals surface area contributed by atoms with Crippen molar-refractivity contribution in [3.05, 3.63) is 57.6 Å². The average Bonchev–Trinajstić information content (AvgIpc) is 3.19. The Balaban J connectivity index is 2.03. The molecule has 0 radical (unpaired) electrons. The van der Waals surface area contributed by atoms with Gasteiger partial charge in [0, 0.05) is 0 Å². The van der Waals surface area contributed by atoms with Gasteiger partial charge >= 0.3 is 264 Å². The molecule has 0 unspecified atom stereocenters. The van der Waals surface area contributed by atoms with Gasteiger partial charge in [-0.1, -0.05) is 123 Å². The molecule has 0 aromatic heterocycles. The van der Waals surface area contributed by atoms with Crippen LogP contribution in [0.2, 0.25) is 0 Å². The van der Waals surface area contributed by atoms with Gasteiger partial charge in [0.05, 0.1) is 0 Å². The van der Waals surface area contributed by atoms with Crippen molar-refractivity contribution in [1.29, 1.82) is 0 Å². The van der Waals surface area contributed by atoms with Gasteiger partial charge in [-0.2, -0.15) is 0 Å². The van der Waals surface area contributed by atoms with Crippen LogP contribution in [0, 0.1) is 13.8 Å². The Morgan fingerprint density at radius 3 is 1.19 bits per heavy atom. The molecule has 0 saturated heterocycles. The normalized spacial score (nSPS) is 12.9. The van der Waals surface area contributed by atoms with E-state index in [1.807, 2.05) is 66.7 Å². The third kappa shape index (κ3) is 22.5. The first kappa shape index (κ1) is 56.6. The van der Waals surface area contributed by atoms with Crippen molar-refractivity contribution >= 4 is 24.8 Å². The molecular formula is C54H93O8P. The molecule has 0 fully saturated rings. The molecule has 0 aliphatic rings. The van der Waals surface area contributed by atoms with Gasteiger partial charge in [-0.05, 0) is 0 Å². The van der Waals surface area contributed by atoms with Crippen LogP contribution in [0.3, 0.4) is 0 Å². The Hall–Kier alpha value is -2.51. The van der Waals surface area contributed by atoms with Crippen molar-refractivity contribution in [2.75, 3.05) is 13.2 Å². The number of rotatable bonds is 33. The number of carbonyl (C=O) groups excluding carboxylic acids is 2. The maximum absolute atomic E-state index is 12.7. The number of benzene rings is 2. The molecule has 0 saturated carbocycles. The van der Waals surface area contributed by atoms with Crippen molar-refractivity contribution in [3.63, 3.8) is 0 Å². The molecule has 0 heterocycles. The van der Waals surface area contributed by atoms with Gasteiger partial charge in [-0.3, -0.25) is 0 Å². The van der Waals surface area contributed by atoms with E-state index in [0.717, 1.165) is 36.8 Å². The summed E-state index contributed by atoms with van der Waals surface area (Å²) in [4.78, 5) is 61.6. The number of aryl methyl sites for hydroxylation is 4. The van der Waals surface area contributed by atoms with Crippen LogP contribution >= 0.6 is 7.51 Å². The second-order valence-corrected chi connectivity index (χ2v) is 23.0. The van der Waals surface area contributed by atoms with Gasteiger partial charge in [-0.15, -0.1) is 0 Å². The van der Waals surface area contributed by atoms with Crippen molar-refractivity contribution in [2.45, 2.75) is 247 Å². The summed E-state index contributed by atoms with van der Waals surface area (Å²) < 4.78 is 17.3. The zero-order valence-electron chi connectivity index (χ0n) is 41.9. The predicted octanol–water partition coefficient (Wildman–Crippen LogP) is 14.4. The van der Waals surface area contributed by atoms with E-state index in [4.69, 9.17) is 14.0 Å². The topological polar surface area (TPSA) is 123 Å². The molecule has 2 aromatic rings. The zero-order valence-corrected chi connectivity index (χ0v) is 42.8. The summed E-state index contributed by atoms with van der Waals surface area (Å²) in [5.41, 5.74) is 2.95. The van der Waals surface area contributed by atoms with Gasteiger partial charge in [-0.25, -0.2) is 0 Å². The SMILES string of the molecule is CCCCCCCCCCCCCOC(=O)CCc1cc(C)c(OP(O)(O)(O)c2c(C)cc(CCC(=O)OCCCCCCCCCCCCC)cc2C(C)(C)C)c(C(C)(C)C)c1. The van der Waals surface area contributed by atoms with E-state index in [1.54, 1.807) is 13.0 Å². The molecule has 63 heavy (non-hydrogen) atoms. The standard InChI is InChI=1S/C54H93O8P/c1-11-13-15-17-19-21-23-25-27-29-31-37-60-49(55)35-33-45-39-43(3)51(47(41-45)53(5,6)7)62-63(57,58,59)52-44(4)40-46(42-48(52)54(8,9)10)34-36-50(56)61-38-32-30-28-26-24-22-20-18-16-14-12-2/h39-42,57-59H,11-38H2,1-10H3. The van der Waals surface area contributed by atoms with Crippen LogP contribution in [0.5, 0.6) is 5.75 Å². The maximum atomic E-state index is 12.7. The minimum absolute atomic E-state index is 0.0276. The molecule has 3 N–H and O–H groups in total. The molecule has 362 valence electrons. The van der Waals surface area contributed by atoms with E-state index in [0.29, 0.717) is 48.3 Å². The number of unbranched alkanes of at least 4 members (excludes halogenated alkanes) is 20. The van der Waals surface area contributed by atoms with Crippen LogP contribution in [-0.2, 0) is 42.7 Å². The summed E-state index contributed by atoms with van der Waals surface area (Å²) in [7, 11) is -6.04. The van der Waals surface area contributed by atoms with Crippen LogP contribution in [-0.4, -0.2) is 39.8 Å².